The molecule has 0 unspecified atom stereocenters. The van der Waals surface area contributed by atoms with Gasteiger partial charge in [-0.05, 0) is 85.5 Å². The maximum atomic E-state index is 13.1. The number of sulfone groups is 1. The highest BCUT2D eigenvalue weighted by molar-refractivity contribution is 7.90. The highest BCUT2D eigenvalue weighted by atomic mass is 32.2. The van der Waals surface area contributed by atoms with Crippen molar-refractivity contribution in [3.05, 3.63) is 186 Å². The number of aromatic amines is 3. The van der Waals surface area contributed by atoms with Crippen LogP contribution in [0.2, 0.25) is 0 Å². The zero-order valence-electron chi connectivity index (χ0n) is 36.0. The van der Waals surface area contributed by atoms with Crippen LogP contribution in [0.3, 0.4) is 0 Å². The van der Waals surface area contributed by atoms with E-state index >= 15 is 0 Å². The fourth-order valence-electron chi connectivity index (χ4n) is 8.24. The molecule has 15 nitrogen and oxygen atoms in total. The molecule has 0 radical (unpaired) electrons. The topological polar surface area (TPSA) is 222 Å². The molecule has 2 amide bonds. The van der Waals surface area contributed by atoms with E-state index in [0.717, 1.165) is 68.7 Å². The van der Waals surface area contributed by atoms with Crippen LogP contribution in [0.4, 0.5) is 0 Å². The molecule has 2 saturated carbocycles. The summed E-state index contributed by atoms with van der Waals surface area (Å²) < 4.78 is 35.3. The summed E-state index contributed by atoms with van der Waals surface area (Å²) in [5.74, 6) is -0.686. The molecule has 2 fully saturated rings. The van der Waals surface area contributed by atoms with Gasteiger partial charge in [0, 0.05) is 18.3 Å². The lowest BCUT2D eigenvalue weighted by Gasteiger charge is -2.29. The maximum Gasteiger partial charge on any atom is 0.326 e. The van der Waals surface area contributed by atoms with Gasteiger partial charge in [0.15, 0.2) is 11.4 Å². The zero-order valence-corrected chi connectivity index (χ0v) is 36.8. The normalized spacial score (nSPS) is 18.3. The molecule has 4 aromatic carbocycles. The Kier molecular flexibility index (Phi) is 15.2. The van der Waals surface area contributed by atoms with Crippen molar-refractivity contribution in [3.63, 3.8) is 0 Å². The number of aromatic nitrogens is 4. The summed E-state index contributed by atoms with van der Waals surface area (Å²) in [4.78, 5) is 73.5. The summed E-state index contributed by atoms with van der Waals surface area (Å²) in [7, 11) is -3.84. The van der Waals surface area contributed by atoms with Crippen LogP contribution < -0.4 is 36.9 Å². The van der Waals surface area contributed by atoms with E-state index in [9.17, 15) is 32.4 Å². The first-order chi connectivity index (χ1) is 31.4. The number of carbonyl (C=O) groups is 2. The molecule has 0 atom stereocenters. The zero-order chi connectivity index (χ0) is 45.8. The van der Waals surface area contributed by atoms with E-state index in [1.807, 2.05) is 97.1 Å². The molecule has 0 saturated heterocycles. The molecule has 65 heavy (non-hydrogen) atoms. The van der Waals surface area contributed by atoms with Crippen LogP contribution in [0.1, 0.15) is 106 Å². The molecule has 2 aromatic heterocycles. The number of rotatable bonds is 13. The van der Waals surface area contributed by atoms with Crippen LogP contribution in [-0.2, 0) is 23.1 Å². The van der Waals surface area contributed by atoms with Gasteiger partial charge in [-0.15, -0.1) is 0 Å². The van der Waals surface area contributed by atoms with Crippen LogP contribution in [-0.4, -0.2) is 58.5 Å². The monoisotopic (exact) mass is 900 g/mol. The number of benzene rings is 4. The summed E-state index contributed by atoms with van der Waals surface area (Å²) >= 11 is 0. The molecule has 338 valence electrons. The van der Waals surface area contributed by atoms with Crippen molar-refractivity contribution < 1.29 is 27.5 Å². The van der Waals surface area contributed by atoms with E-state index in [2.05, 4.69) is 54.8 Å². The predicted octanol–water partition coefficient (Wildman–Crippen LogP) is 6.31. The van der Waals surface area contributed by atoms with Gasteiger partial charge in [0.25, 0.3) is 22.9 Å². The van der Waals surface area contributed by atoms with Crippen LogP contribution in [0.5, 0.6) is 11.5 Å². The molecule has 8 rings (SSSR count). The van der Waals surface area contributed by atoms with Gasteiger partial charge in [0.2, 0.25) is 26.5 Å². The van der Waals surface area contributed by atoms with Crippen LogP contribution in [0.25, 0.3) is 0 Å². The quantitative estimate of drug-likeness (QED) is 0.0813. The lowest BCUT2D eigenvalue weighted by Crippen LogP contribution is -2.40. The number of nitrogens with zero attached hydrogens (tertiary/aromatic N) is 1. The number of amides is 2. The number of nitrogens with one attached hydrogen (secondary N) is 5. The fraction of sp³-hybridized carbons (Fsp3) is 0.306. The van der Waals surface area contributed by atoms with Gasteiger partial charge in [-0.3, -0.25) is 34.1 Å². The first-order valence-corrected chi connectivity index (χ1v) is 23.6. The second-order valence-corrected chi connectivity index (χ2v) is 18.3. The van der Waals surface area contributed by atoms with Gasteiger partial charge in [-0.1, -0.05) is 121 Å². The molecular weight excluding hydrogens is 849 g/mol. The van der Waals surface area contributed by atoms with Gasteiger partial charge in [0.05, 0.1) is 0 Å². The molecule has 0 aliphatic heterocycles. The molecular formula is C49H52N6O9S. The van der Waals surface area contributed by atoms with Crippen molar-refractivity contribution in [2.45, 2.75) is 93.7 Å². The number of carbonyl (C=O) groups excluding carboxylic acids is 2. The Labute approximate surface area is 376 Å². The van der Waals surface area contributed by atoms with E-state index in [4.69, 9.17) is 9.47 Å². The van der Waals surface area contributed by atoms with Gasteiger partial charge in [-0.2, -0.15) is 0 Å². The Bertz CT molecular complexity index is 2820. The number of ether oxygens (including phenoxy) is 2. The SMILES string of the molecule is CS(=O)(=O)c1nc(C(=O)NC2CCC(c3ccccc3)CC2)c(OCc2ccccc2)c(=O)[nH]1.O=C(NC1CCC(c2ccccc2)CC1)c1[nH]c(=O)[nH]c(=O)c1OCc1ccccc1. The summed E-state index contributed by atoms with van der Waals surface area (Å²) in [5, 5.41) is 5.31. The fourth-order valence-corrected chi connectivity index (χ4v) is 8.78. The van der Waals surface area contributed by atoms with Gasteiger partial charge >= 0.3 is 5.69 Å². The van der Waals surface area contributed by atoms with Crippen molar-refractivity contribution in [2.75, 3.05) is 6.26 Å². The van der Waals surface area contributed by atoms with Crippen molar-refractivity contribution in [1.29, 1.82) is 0 Å². The minimum atomic E-state index is -3.84. The highest BCUT2D eigenvalue weighted by Crippen LogP contribution is 2.34. The van der Waals surface area contributed by atoms with Crippen LogP contribution in [0.15, 0.2) is 141 Å². The summed E-state index contributed by atoms with van der Waals surface area (Å²) in [6.07, 6.45) is 7.91. The smallest absolute Gasteiger partial charge is 0.326 e. The van der Waals surface area contributed by atoms with Gasteiger partial charge in [-0.25, -0.2) is 18.2 Å². The molecule has 5 N–H and O–H groups in total. The van der Waals surface area contributed by atoms with Crippen molar-refractivity contribution in [1.82, 2.24) is 30.6 Å². The second kappa shape index (κ2) is 21.5. The average Bonchev–Trinajstić information content (AvgIpc) is 3.32. The van der Waals surface area contributed by atoms with E-state index in [0.29, 0.717) is 11.8 Å². The Morgan fingerprint density at radius 2 is 0.985 bits per heavy atom. The lowest BCUT2D eigenvalue weighted by molar-refractivity contribution is 0.0905. The lowest BCUT2D eigenvalue weighted by atomic mass is 9.82. The molecule has 2 aliphatic rings. The largest absolute Gasteiger partial charge is 0.481 e. The number of hydrogen-bond acceptors (Lipinski definition) is 10. The first kappa shape index (κ1) is 45.9. The third-order valence-corrected chi connectivity index (χ3v) is 12.6. The summed E-state index contributed by atoms with van der Waals surface area (Å²) in [6, 6.07) is 39.0. The van der Waals surface area contributed by atoms with E-state index < -0.39 is 43.6 Å². The average molecular weight is 901 g/mol. The van der Waals surface area contributed by atoms with Crippen molar-refractivity contribution in [2.24, 2.45) is 0 Å². The van der Waals surface area contributed by atoms with E-state index in [1.54, 1.807) is 0 Å². The Morgan fingerprint density at radius 1 is 0.569 bits per heavy atom. The predicted molar refractivity (Wildman–Crippen MR) is 245 cm³/mol. The molecule has 0 bridgehead atoms. The molecule has 2 aliphatic carbocycles. The van der Waals surface area contributed by atoms with Crippen LogP contribution in [0, 0.1) is 0 Å². The minimum Gasteiger partial charge on any atom is -0.481 e. The molecule has 0 spiro atoms. The third kappa shape index (κ3) is 12.6. The van der Waals surface area contributed by atoms with Gasteiger partial charge < -0.3 is 20.1 Å². The first-order valence-electron chi connectivity index (χ1n) is 21.7. The summed E-state index contributed by atoms with van der Waals surface area (Å²) in [6.45, 7) is 0.144. The minimum absolute atomic E-state index is 0.0165. The number of H-pyrrole nitrogens is 3. The van der Waals surface area contributed by atoms with Crippen molar-refractivity contribution >= 4 is 21.7 Å². The maximum absolute atomic E-state index is 13.1. The van der Waals surface area contributed by atoms with E-state index in [-0.39, 0.29) is 48.2 Å². The van der Waals surface area contributed by atoms with Crippen LogP contribution >= 0.6 is 0 Å². The van der Waals surface area contributed by atoms with Crippen molar-refractivity contribution in [3.8, 4) is 11.5 Å². The Balaban J connectivity index is 0.000000195. The highest BCUT2D eigenvalue weighted by Gasteiger charge is 2.29. The standard InChI is InChI=1S/C25H27N3O5S.C24H25N3O4/c1-34(31,32)25-27-21(22(24(30)28-25)33-16-17-8-4-2-5-9-17)23(29)26-20-14-12-19(13-15-20)18-10-6-3-7-11-18;28-22(25-19-13-11-18(12-14-19)17-9-5-2-6-10-17)20-21(23(29)27-24(30)26-20)31-15-16-7-3-1-4-8-16/h2-11,19-20H,12-16H2,1H3,(H,26,29)(H,27,28,30);1-10,18-19H,11-15H2,(H,25,28)(H2,26,27,29,30). The second-order valence-electron chi connectivity index (χ2n) is 16.3. The summed E-state index contributed by atoms with van der Waals surface area (Å²) in [5.41, 5.74) is 1.50. The third-order valence-electron chi connectivity index (χ3n) is 11.7. The Hall–Kier alpha value is -7.07. The molecule has 6 aromatic rings. The number of hydrogen-bond donors (Lipinski definition) is 5. The van der Waals surface area contributed by atoms with E-state index in [1.165, 1.54) is 11.1 Å². The molecule has 2 heterocycles. The van der Waals surface area contributed by atoms with Gasteiger partial charge in [0.1, 0.15) is 13.2 Å². The molecule has 16 heteroatoms. The Morgan fingerprint density at radius 3 is 1.45 bits per heavy atom.